The predicted octanol–water partition coefficient (Wildman–Crippen LogP) is 4.29. The molecule has 0 amide bonds. The predicted molar refractivity (Wildman–Crippen MR) is 178 cm³/mol. The Balaban J connectivity index is 1.70. The van der Waals surface area contributed by atoms with Gasteiger partial charge >= 0.3 is 11.9 Å². The van der Waals surface area contributed by atoms with Gasteiger partial charge in [-0.25, -0.2) is 9.59 Å². The molecule has 2 aliphatic rings. The second kappa shape index (κ2) is 16.7. The van der Waals surface area contributed by atoms with Gasteiger partial charge < -0.3 is 38.3 Å². The van der Waals surface area contributed by atoms with Crippen molar-refractivity contribution >= 4 is 28.1 Å². The highest BCUT2D eigenvalue weighted by molar-refractivity contribution is 7.85. The molecule has 2 aromatic rings. The van der Waals surface area contributed by atoms with Gasteiger partial charge in [0.15, 0.2) is 12.6 Å². The fourth-order valence-corrected chi connectivity index (χ4v) is 5.54. The van der Waals surface area contributed by atoms with Gasteiger partial charge in [0.2, 0.25) is 0 Å². The second-order valence-electron chi connectivity index (χ2n) is 12.3. The van der Waals surface area contributed by atoms with E-state index in [-0.39, 0.29) is 36.4 Å². The van der Waals surface area contributed by atoms with E-state index in [0.29, 0.717) is 17.5 Å². The quantitative estimate of drug-likeness (QED) is 0.153. The molecule has 14 heteroatoms. The number of benzene rings is 2. The summed E-state index contributed by atoms with van der Waals surface area (Å²) in [4.78, 5) is 26.9. The first-order valence-corrected chi connectivity index (χ1v) is 17.6. The van der Waals surface area contributed by atoms with Gasteiger partial charge in [0.1, 0.15) is 48.1 Å². The summed E-state index contributed by atoms with van der Waals surface area (Å²) >= 11 is 0. The Morgan fingerprint density at radius 3 is 2.49 bits per heavy atom. The van der Waals surface area contributed by atoms with Gasteiger partial charge in [0.05, 0.1) is 24.5 Å². The number of hydrogen-bond acceptors (Lipinski definition) is 13. The van der Waals surface area contributed by atoms with E-state index in [9.17, 15) is 23.1 Å². The largest absolute Gasteiger partial charge is 0.491 e. The maximum atomic E-state index is 13.7. The van der Waals surface area contributed by atoms with Crippen molar-refractivity contribution in [3.05, 3.63) is 77.4 Å². The average Bonchev–Trinajstić information content (AvgIpc) is 3.36. The Kier molecular flexibility index (Phi) is 13.0. The zero-order valence-electron chi connectivity index (χ0n) is 28.4. The van der Waals surface area contributed by atoms with E-state index in [0.717, 1.165) is 6.26 Å². The van der Waals surface area contributed by atoms with Crippen LogP contribution in [0.4, 0.5) is 0 Å². The first-order valence-electron chi connectivity index (χ1n) is 15.8. The Hall–Kier alpha value is -3.79. The third kappa shape index (κ3) is 11.1. The fraction of sp³-hybridized carbons (Fsp3) is 0.486. The van der Waals surface area contributed by atoms with Crippen molar-refractivity contribution in [2.75, 3.05) is 33.4 Å². The summed E-state index contributed by atoms with van der Waals surface area (Å²) in [6, 6.07) is 11.7. The molecular formula is C35H44O13S. The van der Waals surface area contributed by atoms with Crippen molar-refractivity contribution in [2.45, 2.75) is 70.4 Å². The van der Waals surface area contributed by atoms with Crippen molar-refractivity contribution in [1.82, 2.24) is 0 Å². The number of aliphatic hydroxyl groups excluding tert-OH is 1. The van der Waals surface area contributed by atoms with Crippen LogP contribution in [0.3, 0.4) is 0 Å². The summed E-state index contributed by atoms with van der Waals surface area (Å²) in [7, 11) is -2.34. The molecule has 2 heterocycles. The summed E-state index contributed by atoms with van der Waals surface area (Å²) in [6.07, 6.45) is 4.23. The molecule has 0 bridgehead atoms. The van der Waals surface area contributed by atoms with Crippen molar-refractivity contribution < 1.29 is 60.5 Å². The van der Waals surface area contributed by atoms with Crippen molar-refractivity contribution in [3.63, 3.8) is 0 Å². The molecule has 6 atom stereocenters. The lowest BCUT2D eigenvalue weighted by molar-refractivity contribution is -0.152. The maximum absolute atomic E-state index is 13.7. The van der Waals surface area contributed by atoms with Gasteiger partial charge in [-0.05, 0) is 57.0 Å². The van der Waals surface area contributed by atoms with Gasteiger partial charge in [0.25, 0.3) is 10.1 Å². The standard InChI is InChI=1S/C35H44O13S/c1-22-15-16-28(46-33(37)24-11-8-7-9-12-24)32-29(47-35(3,4)48-32)14-10-13-25-17-27(42-19-26(36)20-44-49(6,39)40)18-30(43-21-41-5)31(25)34(38)45-23(22)2/h7-13,15-18,22-23,26,28-29,32,36H,14,19-21H2,1-6H3/b13-10?,16-15-/t22-,23+,26?,28?,29+,32?/m1/s1. The number of carbonyl (C=O) groups excluding carboxylic acids is 2. The van der Waals surface area contributed by atoms with Gasteiger partial charge in [0, 0.05) is 19.1 Å². The lowest BCUT2D eigenvalue weighted by atomic mass is 9.98. The molecule has 1 saturated heterocycles. The summed E-state index contributed by atoms with van der Waals surface area (Å²) in [6.45, 7) is 6.15. The van der Waals surface area contributed by atoms with Crippen molar-refractivity contribution in [2.24, 2.45) is 5.92 Å². The Labute approximate surface area is 286 Å². The smallest absolute Gasteiger partial charge is 0.342 e. The number of fused-ring (bicyclic) bond motifs is 2. The molecular weight excluding hydrogens is 660 g/mol. The number of rotatable bonds is 11. The highest BCUT2D eigenvalue weighted by Crippen LogP contribution is 2.36. The number of aliphatic hydroxyl groups is 1. The average molecular weight is 705 g/mol. The lowest BCUT2D eigenvalue weighted by Gasteiger charge is -2.26. The van der Waals surface area contributed by atoms with Gasteiger partial charge in [-0.15, -0.1) is 0 Å². The molecule has 1 fully saturated rings. The van der Waals surface area contributed by atoms with Gasteiger partial charge in [-0.1, -0.05) is 43.4 Å². The summed E-state index contributed by atoms with van der Waals surface area (Å²) in [5.41, 5.74) is 0.860. The summed E-state index contributed by atoms with van der Waals surface area (Å²) < 4.78 is 68.3. The zero-order valence-corrected chi connectivity index (χ0v) is 29.2. The molecule has 0 spiro atoms. The van der Waals surface area contributed by atoms with Crippen LogP contribution in [0.25, 0.3) is 6.08 Å². The van der Waals surface area contributed by atoms with E-state index < -0.39 is 65.0 Å². The van der Waals surface area contributed by atoms with Gasteiger partial charge in [-0.2, -0.15) is 8.42 Å². The van der Waals surface area contributed by atoms with E-state index >= 15 is 0 Å². The highest BCUT2D eigenvalue weighted by Gasteiger charge is 2.45. The molecule has 268 valence electrons. The number of hydrogen-bond donors (Lipinski definition) is 1. The van der Waals surface area contributed by atoms with E-state index in [4.69, 9.17) is 33.2 Å². The minimum absolute atomic E-state index is 0.0979. The number of methoxy groups -OCH3 is 1. The molecule has 3 unspecified atom stereocenters. The molecule has 0 aliphatic carbocycles. The monoisotopic (exact) mass is 704 g/mol. The topological polar surface area (TPSA) is 162 Å². The normalized spacial score (nSPS) is 25.2. The van der Waals surface area contributed by atoms with E-state index in [2.05, 4.69) is 4.18 Å². The Bertz CT molecular complexity index is 1600. The molecule has 13 nitrogen and oxygen atoms in total. The molecule has 4 rings (SSSR count). The molecule has 0 aromatic heterocycles. The number of esters is 2. The number of cyclic esters (lactones) is 1. The van der Waals surface area contributed by atoms with Crippen LogP contribution in [0.15, 0.2) is 60.7 Å². The number of ether oxygens (including phenoxy) is 7. The minimum atomic E-state index is -3.76. The van der Waals surface area contributed by atoms with Crippen LogP contribution in [-0.2, 0) is 38.0 Å². The first-order chi connectivity index (χ1) is 23.2. The Morgan fingerprint density at radius 1 is 1.06 bits per heavy atom. The van der Waals surface area contributed by atoms with E-state index in [1.165, 1.54) is 13.2 Å². The minimum Gasteiger partial charge on any atom is -0.491 e. The summed E-state index contributed by atoms with van der Waals surface area (Å²) in [5, 5.41) is 10.2. The molecule has 0 radical (unpaired) electrons. The second-order valence-corrected chi connectivity index (χ2v) is 13.9. The maximum Gasteiger partial charge on any atom is 0.342 e. The molecule has 49 heavy (non-hydrogen) atoms. The van der Waals surface area contributed by atoms with Crippen LogP contribution in [0.5, 0.6) is 11.5 Å². The lowest BCUT2D eigenvalue weighted by Crippen LogP contribution is -2.37. The summed E-state index contributed by atoms with van der Waals surface area (Å²) in [5.74, 6) is -2.19. The SMILES string of the molecule is COCOc1cc(OCC(O)COS(C)(=O)=O)cc2c1C(=O)O[C@@H](C)[C@H](C)/C=C\C(OC(=O)c1ccccc1)C1OC(C)(C)O[C@H]1CC=C2. The zero-order chi connectivity index (χ0) is 35.8. The van der Waals surface area contributed by atoms with E-state index in [1.54, 1.807) is 69.3 Å². The third-order valence-corrected chi connectivity index (χ3v) is 8.23. The van der Waals surface area contributed by atoms with Crippen LogP contribution >= 0.6 is 0 Å². The fourth-order valence-electron chi connectivity index (χ4n) is 5.13. The van der Waals surface area contributed by atoms with Crippen LogP contribution < -0.4 is 9.47 Å². The molecule has 2 aromatic carbocycles. The molecule has 1 N–H and O–H groups in total. The van der Waals surface area contributed by atoms with Crippen molar-refractivity contribution in [3.8, 4) is 11.5 Å². The van der Waals surface area contributed by atoms with Crippen LogP contribution in [0, 0.1) is 5.92 Å². The molecule has 2 aliphatic heterocycles. The van der Waals surface area contributed by atoms with Crippen LogP contribution in [-0.4, -0.2) is 95.1 Å². The van der Waals surface area contributed by atoms with E-state index in [1.807, 2.05) is 19.1 Å². The third-order valence-electron chi connectivity index (χ3n) is 7.66. The number of carbonyl (C=O) groups is 2. The van der Waals surface area contributed by atoms with Crippen LogP contribution in [0.1, 0.15) is 60.4 Å². The van der Waals surface area contributed by atoms with Crippen molar-refractivity contribution in [1.29, 1.82) is 0 Å². The van der Waals surface area contributed by atoms with Gasteiger partial charge in [-0.3, -0.25) is 4.18 Å². The van der Waals surface area contributed by atoms with Crippen LogP contribution in [0.2, 0.25) is 0 Å². The highest BCUT2D eigenvalue weighted by atomic mass is 32.2. The molecule has 0 saturated carbocycles. The first kappa shape index (κ1) is 38.0. The Morgan fingerprint density at radius 2 is 1.80 bits per heavy atom.